The second-order valence-corrected chi connectivity index (χ2v) is 6.82. The van der Waals surface area contributed by atoms with E-state index in [1.807, 2.05) is 42.5 Å². The number of anilines is 3. The molecule has 142 valence electrons. The molecular formula is C22H21N3O3. The summed E-state index contributed by atoms with van der Waals surface area (Å²) in [6, 6.07) is 16.9. The number of hydrogen-bond acceptors (Lipinski definition) is 5. The van der Waals surface area contributed by atoms with Gasteiger partial charge in [-0.1, -0.05) is 32.0 Å². The number of carbonyl (C=O) groups is 1. The fraction of sp³-hybridized carbons (Fsp3) is 0.182. The lowest BCUT2D eigenvalue weighted by atomic mass is 10.0. The number of nitrogens with one attached hydrogen (secondary N) is 2. The molecule has 1 aliphatic rings. The van der Waals surface area contributed by atoms with Crippen LogP contribution in [0.4, 0.5) is 17.2 Å². The molecule has 0 saturated carbocycles. The van der Waals surface area contributed by atoms with Crippen LogP contribution in [-0.4, -0.2) is 17.7 Å². The highest BCUT2D eigenvalue weighted by atomic mass is 16.7. The van der Waals surface area contributed by atoms with Crippen LogP contribution in [0.25, 0.3) is 0 Å². The third kappa shape index (κ3) is 3.76. The number of para-hydroxylation sites is 1. The Labute approximate surface area is 163 Å². The second kappa shape index (κ2) is 7.60. The molecule has 6 nitrogen and oxygen atoms in total. The van der Waals surface area contributed by atoms with E-state index < -0.39 is 0 Å². The highest BCUT2D eigenvalue weighted by Crippen LogP contribution is 2.34. The van der Waals surface area contributed by atoms with Gasteiger partial charge in [-0.2, -0.15) is 0 Å². The summed E-state index contributed by atoms with van der Waals surface area (Å²) in [5.41, 5.74) is 3.25. The summed E-state index contributed by atoms with van der Waals surface area (Å²) in [4.78, 5) is 16.9. The maximum absolute atomic E-state index is 12.6. The molecule has 0 aliphatic carbocycles. The number of rotatable bonds is 5. The molecule has 3 aromatic rings. The van der Waals surface area contributed by atoms with Gasteiger partial charge in [0.15, 0.2) is 11.5 Å². The average Bonchev–Trinajstić information content (AvgIpc) is 3.16. The minimum atomic E-state index is -0.185. The van der Waals surface area contributed by atoms with Gasteiger partial charge in [0.05, 0.1) is 5.56 Å². The Morgan fingerprint density at radius 3 is 2.64 bits per heavy atom. The molecule has 6 heteroatoms. The van der Waals surface area contributed by atoms with Crippen molar-refractivity contribution in [2.75, 3.05) is 17.4 Å². The lowest BCUT2D eigenvalue weighted by molar-refractivity contribution is 0.102. The van der Waals surface area contributed by atoms with Crippen LogP contribution in [0.2, 0.25) is 0 Å². The smallest absolute Gasteiger partial charge is 0.257 e. The maximum atomic E-state index is 12.6. The van der Waals surface area contributed by atoms with E-state index in [4.69, 9.17) is 9.47 Å². The molecule has 0 spiro atoms. The normalized spacial score (nSPS) is 12.1. The fourth-order valence-corrected chi connectivity index (χ4v) is 3.03. The zero-order valence-electron chi connectivity index (χ0n) is 15.7. The summed E-state index contributed by atoms with van der Waals surface area (Å²) >= 11 is 0. The lowest BCUT2D eigenvalue weighted by Gasteiger charge is -2.13. The predicted molar refractivity (Wildman–Crippen MR) is 109 cm³/mol. The minimum Gasteiger partial charge on any atom is -0.454 e. The van der Waals surface area contributed by atoms with Gasteiger partial charge in [0.1, 0.15) is 5.82 Å². The van der Waals surface area contributed by atoms with Crippen LogP contribution < -0.4 is 20.1 Å². The van der Waals surface area contributed by atoms with Crippen LogP contribution in [-0.2, 0) is 0 Å². The minimum absolute atomic E-state index is 0.185. The number of pyridine rings is 1. The van der Waals surface area contributed by atoms with E-state index in [2.05, 4.69) is 29.5 Å². The largest absolute Gasteiger partial charge is 0.454 e. The topological polar surface area (TPSA) is 72.5 Å². The predicted octanol–water partition coefficient (Wildman–Crippen LogP) is 4.93. The number of nitrogens with zero attached hydrogens (tertiary/aromatic N) is 1. The number of hydrogen-bond donors (Lipinski definition) is 2. The van der Waals surface area contributed by atoms with E-state index >= 15 is 0 Å². The van der Waals surface area contributed by atoms with Crippen molar-refractivity contribution < 1.29 is 14.3 Å². The molecule has 1 aromatic heterocycles. The van der Waals surface area contributed by atoms with Crippen LogP contribution in [0, 0.1) is 0 Å². The van der Waals surface area contributed by atoms with Crippen LogP contribution >= 0.6 is 0 Å². The number of ether oxygens (including phenoxy) is 2. The van der Waals surface area contributed by atoms with Crippen LogP contribution in [0.5, 0.6) is 11.5 Å². The average molecular weight is 375 g/mol. The van der Waals surface area contributed by atoms with E-state index in [1.165, 1.54) is 0 Å². The molecule has 0 fully saturated rings. The molecule has 2 heterocycles. The molecule has 4 rings (SSSR count). The molecule has 0 atom stereocenters. The molecule has 1 aliphatic heterocycles. The molecule has 0 unspecified atom stereocenters. The first-order valence-corrected chi connectivity index (χ1v) is 9.13. The van der Waals surface area contributed by atoms with Gasteiger partial charge in [0.2, 0.25) is 6.79 Å². The number of benzene rings is 2. The number of amides is 1. The molecule has 2 N–H and O–H groups in total. The molecule has 2 aromatic carbocycles. The maximum Gasteiger partial charge on any atom is 0.257 e. The van der Waals surface area contributed by atoms with Crippen molar-refractivity contribution >= 4 is 23.1 Å². The van der Waals surface area contributed by atoms with Crippen molar-refractivity contribution in [1.82, 2.24) is 4.98 Å². The monoisotopic (exact) mass is 375 g/mol. The van der Waals surface area contributed by atoms with E-state index in [-0.39, 0.29) is 12.7 Å². The first kappa shape index (κ1) is 17.9. The second-order valence-electron chi connectivity index (χ2n) is 6.82. The van der Waals surface area contributed by atoms with Crippen LogP contribution in [0.1, 0.15) is 35.7 Å². The van der Waals surface area contributed by atoms with Crippen LogP contribution in [0.3, 0.4) is 0 Å². The summed E-state index contributed by atoms with van der Waals surface area (Å²) in [7, 11) is 0. The standard InChI is InChI=1S/C22H21N3O3/c1-14(2)17-5-3-4-6-18(17)25-22(26)15-7-10-21(23-12-15)24-16-8-9-19-20(11-16)28-13-27-19/h3-12,14H,13H2,1-2H3,(H,23,24)(H,25,26). The molecule has 28 heavy (non-hydrogen) atoms. The van der Waals surface area contributed by atoms with Crippen molar-refractivity contribution in [3.05, 3.63) is 71.9 Å². The Balaban J connectivity index is 1.45. The van der Waals surface area contributed by atoms with Gasteiger partial charge in [0, 0.05) is 23.6 Å². The third-order valence-corrected chi connectivity index (χ3v) is 4.50. The molecule has 1 amide bonds. The SMILES string of the molecule is CC(C)c1ccccc1NC(=O)c1ccc(Nc2ccc3c(c2)OCO3)nc1. The first-order chi connectivity index (χ1) is 13.6. The fourth-order valence-electron chi connectivity index (χ4n) is 3.03. The van der Waals surface area contributed by atoms with Crippen molar-refractivity contribution in [3.8, 4) is 11.5 Å². The Kier molecular flexibility index (Phi) is 4.85. The molecular weight excluding hydrogens is 354 g/mol. The Hall–Kier alpha value is -3.54. The zero-order valence-corrected chi connectivity index (χ0v) is 15.7. The quantitative estimate of drug-likeness (QED) is 0.661. The van der Waals surface area contributed by atoms with Gasteiger partial charge < -0.3 is 20.1 Å². The van der Waals surface area contributed by atoms with Crippen molar-refractivity contribution in [1.29, 1.82) is 0 Å². The number of carbonyl (C=O) groups excluding carboxylic acids is 1. The Morgan fingerprint density at radius 1 is 1.04 bits per heavy atom. The van der Waals surface area contributed by atoms with E-state index in [0.29, 0.717) is 23.0 Å². The van der Waals surface area contributed by atoms with Crippen molar-refractivity contribution in [2.45, 2.75) is 19.8 Å². The van der Waals surface area contributed by atoms with Crippen molar-refractivity contribution in [3.63, 3.8) is 0 Å². The van der Waals surface area contributed by atoms with E-state index in [0.717, 1.165) is 22.7 Å². The lowest BCUT2D eigenvalue weighted by Crippen LogP contribution is -2.14. The summed E-state index contributed by atoms with van der Waals surface area (Å²) in [5.74, 6) is 2.20. The van der Waals surface area contributed by atoms with Crippen molar-refractivity contribution in [2.24, 2.45) is 0 Å². The first-order valence-electron chi connectivity index (χ1n) is 9.13. The van der Waals surface area contributed by atoms with Gasteiger partial charge in [-0.3, -0.25) is 4.79 Å². The van der Waals surface area contributed by atoms with E-state index in [1.54, 1.807) is 18.3 Å². The highest BCUT2D eigenvalue weighted by Gasteiger charge is 2.14. The number of aromatic nitrogens is 1. The third-order valence-electron chi connectivity index (χ3n) is 4.50. The Bertz CT molecular complexity index is 1000. The summed E-state index contributed by atoms with van der Waals surface area (Å²) in [6.07, 6.45) is 1.56. The summed E-state index contributed by atoms with van der Waals surface area (Å²) in [5, 5.41) is 6.17. The molecule has 0 bridgehead atoms. The van der Waals surface area contributed by atoms with Gasteiger partial charge in [-0.15, -0.1) is 0 Å². The summed E-state index contributed by atoms with van der Waals surface area (Å²) in [6.45, 7) is 4.44. The summed E-state index contributed by atoms with van der Waals surface area (Å²) < 4.78 is 10.7. The highest BCUT2D eigenvalue weighted by molar-refractivity contribution is 6.04. The van der Waals surface area contributed by atoms with E-state index in [9.17, 15) is 4.79 Å². The van der Waals surface area contributed by atoms with Gasteiger partial charge in [-0.25, -0.2) is 4.98 Å². The molecule has 0 radical (unpaired) electrons. The number of fused-ring (bicyclic) bond motifs is 1. The van der Waals surface area contributed by atoms with Gasteiger partial charge in [0.25, 0.3) is 5.91 Å². The molecule has 0 saturated heterocycles. The zero-order chi connectivity index (χ0) is 19.5. The van der Waals surface area contributed by atoms with Gasteiger partial charge >= 0.3 is 0 Å². The van der Waals surface area contributed by atoms with Gasteiger partial charge in [-0.05, 0) is 41.8 Å². The van der Waals surface area contributed by atoms with Crippen LogP contribution in [0.15, 0.2) is 60.8 Å². The Morgan fingerprint density at radius 2 is 1.86 bits per heavy atom.